The summed E-state index contributed by atoms with van der Waals surface area (Å²) in [7, 11) is -3.96. The number of fused-ring (bicyclic) bond motifs is 3. The van der Waals surface area contributed by atoms with Crippen LogP contribution < -0.4 is 5.32 Å². The van der Waals surface area contributed by atoms with Gasteiger partial charge in [-0.1, -0.05) is 18.2 Å². The fourth-order valence-corrected chi connectivity index (χ4v) is 9.12. The number of nitrogens with one attached hydrogen (secondary N) is 1. The molecule has 2 aliphatic heterocycles. The number of rotatable bonds is 8. The molecule has 2 aromatic carbocycles. The van der Waals surface area contributed by atoms with E-state index in [1.807, 2.05) is 0 Å². The molecular formula is C32H26F3N5O4S2. The molecule has 5 aromatic rings. The van der Waals surface area contributed by atoms with Crippen LogP contribution in [0.5, 0.6) is 0 Å². The molecule has 1 saturated heterocycles. The quantitative estimate of drug-likeness (QED) is 0.212. The van der Waals surface area contributed by atoms with Gasteiger partial charge >= 0.3 is 0 Å². The van der Waals surface area contributed by atoms with Crippen LogP contribution in [0.1, 0.15) is 57.0 Å². The third kappa shape index (κ3) is 5.39. The zero-order chi connectivity index (χ0) is 32.2. The van der Waals surface area contributed by atoms with Crippen LogP contribution in [-0.2, 0) is 29.4 Å². The van der Waals surface area contributed by atoms with Gasteiger partial charge in [-0.15, -0.1) is 21.5 Å². The van der Waals surface area contributed by atoms with Crippen molar-refractivity contribution in [3.63, 3.8) is 0 Å². The van der Waals surface area contributed by atoms with Crippen molar-refractivity contribution < 1.29 is 30.8 Å². The van der Waals surface area contributed by atoms with Crippen LogP contribution in [0.2, 0.25) is 0 Å². The van der Waals surface area contributed by atoms with E-state index in [2.05, 4.69) is 15.5 Å². The number of hydrogen-bond donors (Lipinski definition) is 1. The van der Waals surface area contributed by atoms with Crippen LogP contribution in [0, 0.1) is 24.4 Å². The minimum atomic E-state index is -3.96. The van der Waals surface area contributed by atoms with Gasteiger partial charge in [-0.05, 0) is 73.2 Å². The smallest absolute Gasteiger partial charge is 0.261 e. The fourth-order valence-electron chi connectivity index (χ4n) is 6.01. The first-order chi connectivity index (χ1) is 22.1. The lowest BCUT2D eigenvalue weighted by molar-refractivity contribution is 0.0955. The number of sulfonamides is 1. The molecule has 2 aliphatic rings. The summed E-state index contributed by atoms with van der Waals surface area (Å²) in [5, 5.41) is 10.9. The van der Waals surface area contributed by atoms with Gasteiger partial charge in [0.1, 0.15) is 10.7 Å². The summed E-state index contributed by atoms with van der Waals surface area (Å²) < 4.78 is 76.1. The van der Waals surface area contributed by atoms with Gasteiger partial charge < -0.3 is 9.73 Å². The minimum Gasteiger partial charge on any atom is -0.421 e. The van der Waals surface area contributed by atoms with Crippen molar-refractivity contribution in [3.05, 3.63) is 105 Å². The fraction of sp³-hybridized carbons (Fsp3) is 0.250. The van der Waals surface area contributed by atoms with Gasteiger partial charge in [0.15, 0.2) is 11.6 Å². The highest BCUT2D eigenvalue weighted by Crippen LogP contribution is 2.52. The maximum Gasteiger partial charge on any atom is 0.261 e. The Bertz CT molecular complexity index is 2100. The SMILES string of the molecule is Cc1nnc(-c2c(CCc3ccc(F)cc3)nc3c(c2-c2ccc(C(=O)NCc4ccc(F)c(F)c4)s2)S(=O)(=O)N2CCC[C@@H]32)o1. The molecule has 1 N–H and O–H groups in total. The van der Waals surface area contributed by atoms with Crippen molar-refractivity contribution >= 4 is 27.3 Å². The Morgan fingerprint density at radius 3 is 2.52 bits per heavy atom. The molecular weight excluding hydrogens is 640 g/mol. The summed E-state index contributed by atoms with van der Waals surface area (Å²) in [4.78, 5) is 18.9. The van der Waals surface area contributed by atoms with Crippen LogP contribution in [0.25, 0.3) is 21.9 Å². The van der Waals surface area contributed by atoms with Crippen LogP contribution in [0.4, 0.5) is 13.2 Å². The number of carbonyl (C=O) groups is 1. The van der Waals surface area contributed by atoms with Gasteiger partial charge in [-0.3, -0.25) is 9.78 Å². The van der Waals surface area contributed by atoms with Crippen molar-refractivity contribution in [2.45, 2.75) is 50.1 Å². The average molecular weight is 666 g/mol. The van der Waals surface area contributed by atoms with Gasteiger partial charge in [-0.25, -0.2) is 21.6 Å². The molecule has 236 valence electrons. The number of nitrogens with zero attached hydrogens (tertiary/aromatic N) is 4. The molecule has 0 radical (unpaired) electrons. The molecule has 5 heterocycles. The first-order valence-corrected chi connectivity index (χ1v) is 16.8. The zero-order valence-corrected chi connectivity index (χ0v) is 26.0. The number of hydrogen-bond acceptors (Lipinski definition) is 8. The standard InChI is InChI=1S/C32H26F3N5O4S2/c1-17-38-39-32(44-17)27-23(11-7-18-4-8-20(33)9-5-18)37-29-24-3-2-14-40(24)46(42,43)30(29)28(27)25-12-13-26(45-25)31(41)36-16-19-6-10-21(34)22(35)15-19/h4-6,8-10,12-13,15,24H,2-3,7,11,14,16H2,1H3,(H,36,41)/t24-/m0/s1. The Morgan fingerprint density at radius 1 is 1.00 bits per heavy atom. The van der Waals surface area contributed by atoms with E-state index >= 15 is 0 Å². The molecule has 0 unspecified atom stereocenters. The van der Waals surface area contributed by atoms with Crippen LogP contribution >= 0.6 is 11.3 Å². The molecule has 3 aromatic heterocycles. The highest BCUT2D eigenvalue weighted by atomic mass is 32.2. The van der Waals surface area contributed by atoms with Gasteiger partial charge in [0.25, 0.3) is 5.91 Å². The van der Waals surface area contributed by atoms with E-state index in [-0.39, 0.29) is 33.9 Å². The predicted molar refractivity (Wildman–Crippen MR) is 163 cm³/mol. The number of pyridine rings is 1. The molecule has 7 rings (SSSR count). The lowest BCUT2D eigenvalue weighted by atomic mass is 9.96. The van der Waals surface area contributed by atoms with Crippen molar-refractivity contribution in [1.82, 2.24) is 24.8 Å². The Balaban J connectivity index is 1.33. The molecule has 0 saturated carbocycles. The van der Waals surface area contributed by atoms with E-state index in [4.69, 9.17) is 9.40 Å². The van der Waals surface area contributed by atoms with E-state index in [9.17, 15) is 26.4 Å². The first kappa shape index (κ1) is 30.3. The van der Waals surface area contributed by atoms with Gasteiger partial charge in [-0.2, -0.15) is 4.31 Å². The Kier molecular flexibility index (Phi) is 7.73. The second-order valence-corrected chi connectivity index (χ2v) is 14.1. The lowest BCUT2D eigenvalue weighted by Crippen LogP contribution is -2.23. The second kappa shape index (κ2) is 11.8. The molecule has 14 heteroatoms. The molecule has 1 amide bonds. The zero-order valence-electron chi connectivity index (χ0n) is 24.4. The average Bonchev–Trinajstić information content (AvgIpc) is 3.84. The highest BCUT2D eigenvalue weighted by Gasteiger charge is 2.49. The molecule has 0 aliphatic carbocycles. The summed E-state index contributed by atoms with van der Waals surface area (Å²) >= 11 is 1.08. The number of aromatic nitrogens is 3. The maximum atomic E-state index is 14.1. The summed E-state index contributed by atoms with van der Waals surface area (Å²) in [5.74, 6) is -2.45. The number of carbonyl (C=O) groups excluding carboxylic acids is 1. The number of benzene rings is 2. The first-order valence-electron chi connectivity index (χ1n) is 14.6. The Morgan fingerprint density at radius 2 is 1.78 bits per heavy atom. The number of aryl methyl sites for hydroxylation is 3. The number of amides is 1. The molecule has 1 atom stereocenters. The largest absolute Gasteiger partial charge is 0.421 e. The molecule has 1 fully saturated rings. The molecule has 0 spiro atoms. The van der Waals surface area contributed by atoms with Crippen LogP contribution in [0.15, 0.2) is 63.9 Å². The summed E-state index contributed by atoms with van der Waals surface area (Å²) in [6, 6.07) is 12.4. The summed E-state index contributed by atoms with van der Waals surface area (Å²) in [6.07, 6.45) is 2.17. The predicted octanol–water partition coefficient (Wildman–Crippen LogP) is 6.14. The van der Waals surface area contributed by atoms with Crippen LogP contribution in [0.3, 0.4) is 0 Å². The van der Waals surface area contributed by atoms with E-state index in [0.29, 0.717) is 65.2 Å². The Hall–Kier alpha value is -4.40. The maximum absolute atomic E-state index is 14.1. The van der Waals surface area contributed by atoms with E-state index in [0.717, 1.165) is 29.0 Å². The minimum absolute atomic E-state index is 0.0427. The van der Waals surface area contributed by atoms with Gasteiger partial charge in [0.2, 0.25) is 21.8 Å². The van der Waals surface area contributed by atoms with Gasteiger partial charge in [0.05, 0.1) is 27.9 Å². The van der Waals surface area contributed by atoms with Crippen molar-refractivity contribution in [1.29, 1.82) is 0 Å². The molecule has 46 heavy (non-hydrogen) atoms. The van der Waals surface area contributed by atoms with Crippen LogP contribution in [-0.4, -0.2) is 40.4 Å². The lowest BCUT2D eigenvalue weighted by Gasteiger charge is -2.16. The monoisotopic (exact) mass is 665 g/mol. The van der Waals surface area contributed by atoms with Crippen molar-refractivity contribution in [3.8, 4) is 21.9 Å². The third-order valence-corrected chi connectivity index (χ3v) is 11.2. The van der Waals surface area contributed by atoms with Crippen molar-refractivity contribution in [2.24, 2.45) is 0 Å². The Labute approximate surface area is 266 Å². The third-order valence-electron chi connectivity index (χ3n) is 8.16. The van der Waals surface area contributed by atoms with Crippen molar-refractivity contribution in [2.75, 3.05) is 6.54 Å². The highest BCUT2D eigenvalue weighted by molar-refractivity contribution is 7.89. The number of halogens is 3. The second-order valence-electron chi connectivity index (χ2n) is 11.1. The van der Waals surface area contributed by atoms with E-state index in [1.54, 1.807) is 31.2 Å². The number of thiophene rings is 1. The normalized spacial score (nSPS) is 16.8. The molecule has 9 nitrogen and oxygen atoms in total. The van der Waals surface area contributed by atoms with Gasteiger partial charge in [0, 0.05) is 30.5 Å². The summed E-state index contributed by atoms with van der Waals surface area (Å²) in [5.41, 5.74) is 2.93. The van der Waals surface area contributed by atoms with E-state index in [1.165, 1.54) is 22.5 Å². The van der Waals surface area contributed by atoms with E-state index < -0.39 is 33.6 Å². The summed E-state index contributed by atoms with van der Waals surface area (Å²) in [6.45, 7) is 1.95. The molecule has 0 bridgehead atoms. The topological polar surface area (TPSA) is 118 Å².